The molecule has 198 valence electrons. The highest BCUT2D eigenvalue weighted by atomic mass is 16.5. The summed E-state index contributed by atoms with van der Waals surface area (Å²) in [5, 5.41) is 23.1. The first kappa shape index (κ1) is 31.8. The van der Waals surface area contributed by atoms with Gasteiger partial charge in [0.05, 0.1) is 6.61 Å². The summed E-state index contributed by atoms with van der Waals surface area (Å²) in [4.78, 5) is 45.6. The molecule has 0 aromatic rings. The van der Waals surface area contributed by atoms with Gasteiger partial charge in [0, 0.05) is 32.4 Å². The second-order valence-corrected chi connectivity index (χ2v) is 8.68. The monoisotopic (exact) mass is 486 g/mol. The van der Waals surface area contributed by atoms with Gasteiger partial charge in [-0.05, 0) is 26.2 Å². The average Bonchev–Trinajstić information content (AvgIpc) is 2.79. The van der Waals surface area contributed by atoms with E-state index in [1.54, 1.807) is 0 Å². The molecular weight excluding hydrogens is 440 g/mol. The van der Waals surface area contributed by atoms with Crippen LogP contribution in [0.25, 0.3) is 0 Å². The van der Waals surface area contributed by atoms with Crippen LogP contribution in [0.5, 0.6) is 0 Å². The van der Waals surface area contributed by atoms with Gasteiger partial charge < -0.3 is 25.6 Å². The van der Waals surface area contributed by atoms with Gasteiger partial charge in [0.1, 0.15) is 6.04 Å². The molecule has 0 aromatic heterocycles. The third kappa shape index (κ3) is 21.7. The van der Waals surface area contributed by atoms with Crippen molar-refractivity contribution in [2.24, 2.45) is 0 Å². The van der Waals surface area contributed by atoms with Crippen molar-refractivity contribution in [3.05, 3.63) is 0 Å². The predicted octanol–water partition coefficient (Wildman–Crippen LogP) is 4.03. The largest absolute Gasteiger partial charge is 0.481 e. The zero-order chi connectivity index (χ0) is 25.4. The van der Waals surface area contributed by atoms with Crippen LogP contribution in [-0.2, 0) is 23.9 Å². The van der Waals surface area contributed by atoms with Crippen molar-refractivity contribution in [2.45, 2.75) is 116 Å². The van der Waals surface area contributed by atoms with Crippen molar-refractivity contribution in [3.8, 4) is 0 Å². The number of hydrogen-bond acceptors (Lipinski definition) is 5. The van der Waals surface area contributed by atoms with Crippen molar-refractivity contribution in [2.75, 3.05) is 19.8 Å². The average molecular weight is 487 g/mol. The number of ether oxygens (including phenoxy) is 1. The van der Waals surface area contributed by atoms with Crippen molar-refractivity contribution in [3.63, 3.8) is 0 Å². The van der Waals surface area contributed by atoms with Crippen LogP contribution < -0.4 is 10.6 Å². The van der Waals surface area contributed by atoms with Crippen molar-refractivity contribution in [1.29, 1.82) is 0 Å². The fourth-order valence-electron chi connectivity index (χ4n) is 3.62. The van der Waals surface area contributed by atoms with Crippen LogP contribution in [0.1, 0.15) is 110 Å². The van der Waals surface area contributed by atoms with Gasteiger partial charge in [0.25, 0.3) is 0 Å². The van der Waals surface area contributed by atoms with E-state index in [2.05, 4.69) is 10.6 Å². The smallest absolute Gasteiger partial charge is 0.326 e. The second-order valence-electron chi connectivity index (χ2n) is 8.68. The first-order valence-electron chi connectivity index (χ1n) is 12.9. The Kier molecular flexibility index (Phi) is 21.2. The van der Waals surface area contributed by atoms with Crippen LogP contribution in [0.15, 0.2) is 0 Å². The number of rotatable bonds is 24. The van der Waals surface area contributed by atoms with Crippen molar-refractivity contribution in [1.82, 2.24) is 10.6 Å². The molecule has 9 nitrogen and oxygen atoms in total. The molecule has 0 rings (SSSR count). The van der Waals surface area contributed by atoms with Crippen molar-refractivity contribution < 1.29 is 34.1 Å². The van der Waals surface area contributed by atoms with Crippen LogP contribution >= 0.6 is 0 Å². The Morgan fingerprint density at radius 2 is 1.21 bits per heavy atom. The van der Waals surface area contributed by atoms with E-state index < -0.39 is 18.0 Å². The summed E-state index contributed by atoms with van der Waals surface area (Å²) in [6.45, 7) is 3.23. The summed E-state index contributed by atoms with van der Waals surface area (Å²) >= 11 is 0. The molecule has 0 bridgehead atoms. The minimum Gasteiger partial charge on any atom is -0.481 e. The standard InChI is InChI=1S/C25H46N2O7/c1-2-34-20-19-26-22(28)18-17-21(25(32)33)27-23(29)15-13-11-9-7-5-3-4-6-8-10-12-14-16-24(30)31/h21H,2-20H2,1H3,(H,26,28)(H,27,29)(H,30,31)(H,32,33). The van der Waals surface area contributed by atoms with E-state index in [0.29, 0.717) is 26.2 Å². The molecule has 0 aliphatic heterocycles. The van der Waals surface area contributed by atoms with Gasteiger partial charge in [-0.15, -0.1) is 0 Å². The fourth-order valence-corrected chi connectivity index (χ4v) is 3.62. The Bertz CT molecular complexity index is 569. The number of nitrogens with one attached hydrogen (secondary N) is 2. The minimum absolute atomic E-state index is 0.0358. The number of carboxylic acids is 2. The van der Waals surface area contributed by atoms with Crippen LogP contribution in [0, 0.1) is 0 Å². The molecule has 0 aliphatic carbocycles. The maximum absolute atomic E-state index is 12.1. The Balaban J connectivity index is 3.66. The summed E-state index contributed by atoms with van der Waals surface area (Å²) in [6, 6.07) is -1.05. The number of carbonyl (C=O) groups excluding carboxylic acids is 2. The second kappa shape index (κ2) is 22.6. The molecular formula is C25H46N2O7. The zero-order valence-electron chi connectivity index (χ0n) is 20.9. The predicted molar refractivity (Wildman–Crippen MR) is 131 cm³/mol. The number of hydrogen-bond donors (Lipinski definition) is 4. The highest BCUT2D eigenvalue weighted by molar-refractivity contribution is 5.84. The molecule has 0 saturated heterocycles. The molecule has 0 saturated carbocycles. The number of amides is 2. The molecule has 2 amide bonds. The molecule has 1 atom stereocenters. The van der Waals surface area contributed by atoms with Gasteiger partial charge in [0.2, 0.25) is 11.8 Å². The highest BCUT2D eigenvalue weighted by Gasteiger charge is 2.20. The molecule has 0 spiro atoms. The Hall–Kier alpha value is -2.16. The highest BCUT2D eigenvalue weighted by Crippen LogP contribution is 2.13. The zero-order valence-corrected chi connectivity index (χ0v) is 20.9. The fraction of sp³-hybridized carbons (Fsp3) is 0.840. The SMILES string of the molecule is CCOCCNC(=O)CCC(NC(=O)CCCCCCCCCCCCCCC(=O)O)C(=O)O. The first-order valence-corrected chi connectivity index (χ1v) is 12.9. The van der Waals surface area contributed by atoms with Crippen LogP contribution in [0.3, 0.4) is 0 Å². The molecule has 9 heteroatoms. The number of carbonyl (C=O) groups is 4. The van der Waals surface area contributed by atoms with E-state index >= 15 is 0 Å². The lowest BCUT2D eigenvalue weighted by Gasteiger charge is -2.14. The third-order valence-corrected chi connectivity index (χ3v) is 5.61. The summed E-state index contributed by atoms with van der Waals surface area (Å²) < 4.78 is 5.12. The van der Waals surface area contributed by atoms with Crippen LogP contribution in [0.2, 0.25) is 0 Å². The minimum atomic E-state index is -1.13. The molecule has 0 aliphatic rings. The van der Waals surface area contributed by atoms with E-state index in [1.165, 1.54) is 32.1 Å². The maximum atomic E-state index is 12.1. The van der Waals surface area contributed by atoms with E-state index in [1.807, 2.05) is 6.92 Å². The molecule has 0 fully saturated rings. The molecule has 1 unspecified atom stereocenters. The number of carboxylic acid groups (broad SMARTS) is 2. The lowest BCUT2D eigenvalue weighted by atomic mass is 10.0. The van der Waals surface area contributed by atoms with E-state index in [4.69, 9.17) is 9.84 Å². The van der Waals surface area contributed by atoms with Gasteiger partial charge in [-0.25, -0.2) is 4.79 Å². The Morgan fingerprint density at radius 3 is 1.68 bits per heavy atom. The van der Waals surface area contributed by atoms with Crippen LogP contribution in [-0.4, -0.2) is 59.8 Å². The number of aliphatic carboxylic acids is 2. The van der Waals surface area contributed by atoms with Gasteiger partial charge >= 0.3 is 11.9 Å². The summed E-state index contributed by atoms with van der Waals surface area (Å²) in [5.74, 6) is -2.38. The van der Waals surface area contributed by atoms with Gasteiger partial charge in [0.15, 0.2) is 0 Å². The third-order valence-electron chi connectivity index (χ3n) is 5.61. The quantitative estimate of drug-likeness (QED) is 0.151. The topological polar surface area (TPSA) is 142 Å². The summed E-state index contributed by atoms with van der Waals surface area (Å²) in [5.41, 5.74) is 0. The molecule has 4 N–H and O–H groups in total. The van der Waals surface area contributed by atoms with Gasteiger partial charge in [-0.1, -0.05) is 64.2 Å². The van der Waals surface area contributed by atoms with E-state index in [9.17, 15) is 24.3 Å². The maximum Gasteiger partial charge on any atom is 0.326 e. The van der Waals surface area contributed by atoms with Crippen molar-refractivity contribution >= 4 is 23.8 Å². The van der Waals surface area contributed by atoms with Crippen LogP contribution in [0.4, 0.5) is 0 Å². The molecule has 0 heterocycles. The van der Waals surface area contributed by atoms with Gasteiger partial charge in [-0.2, -0.15) is 0 Å². The van der Waals surface area contributed by atoms with E-state index in [-0.39, 0.29) is 31.1 Å². The normalized spacial score (nSPS) is 11.7. The van der Waals surface area contributed by atoms with Gasteiger partial charge in [-0.3, -0.25) is 14.4 Å². The lowest BCUT2D eigenvalue weighted by molar-refractivity contribution is -0.142. The van der Waals surface area contributed by atoms with E-state index in [0.717, 1.165) is 44.9 Å². The summed E-state index contributed by atoms with van der Waals surface area (Å²) in [6.07, 6.45) is 13.4. The lowest BCUT2D eigenvalue weighted by Crippen LogP contribution is -2.41. The Labute approximate surface area is 204 Å². The first-order chi connectivity index (χ1) is 16.4. The molecule has 0 radical (unpaired) electrons. The number of unbranched alkanes of at least 4 members (excludes halogenated alkanes) is 11. The Morgan fingerprint density at radius 1 is 0.706 bits per heavy atom. The molecule has 34 heavy (non-hydrogen) atoms. The molecule has 0 aromatic carbocycles. The summed E-state index contributed by atoms with van der Waals surface area (Å²) in [7, 11) is 0.